The van der Waals surface area contributed by atoms with Crippen LogP contribution < -0.4 is 5.73 Å². The van der Waals surface area contributed by atoms with E-state index in [1.165, 1.54) is 12.1 Å². The molecule has 4 rings (SSSR count). The lowest BCUT2D eigenvalue weighted by Gasteiger charge is -2.23. The zero-order valence-electron chi connectivity index (χ0n) is 18.0. The highest BCUT2D eigenvalue weighted by Crippen LogP contribution is 2.38. The van der Waals surface area contributed by atoms with Crippen molar-refractivity contribution in [3.05, 3.63) is 72.1 Å². The number of carbonyl (C=O) groups excluding carboxylic acids is 1. The Labute approximate surface area is 191 Å². The van der Waals surface area contributed by atoms with Gasteiger partial charge in [0.05, 0.1) is 23.0 Å². The van der Waals surface area contributed by atoms with Gasteiger partial charge in [0.2, 0.25) is 11.7 Å². The van der Waals surface area contributed by atoms with Gasteiger partial charge in [-0.05, 0) is 31.0 Å². The lowest BCUT2D eigenvalue weighted by atomic mass is 9.90. The monoisotopic (exact) mass is 471 g/mol. The van der Waals surface area contributed by atoms with Gasteiger partial charge in [0.1, 0.15) is 0 Å². The zero-order valence-corrected chi connectivity index (χ0v) is 18.0. The minimum absolute atomic E-state index is 0.0150. The highest BCUT2D eigenvalue weighted by Gasteiger charge is 2.40. The molecule has 34 heavy (non-hydrogen) atoms. The molecule has 0 aliphatic rings. The van der Waals surface area contributed by atoms with Crippen molar-refractivity contribution in [1.82, 2.24) is 19.9 Å². The Balaban J connectivity index is 1.65. The number of para-hydroxylation sites is 1. The van der Waals surface area contributed by atoms with E-state index in [4.69, 9.17) is 10.3 Å². The molecular formula is C23H20F3N5O3. The Bertz CT molecular complexity index is 1300. The van der Waals surface area contributed by atoms with E-state index >= 15 is 0 Å². The maximum atomic E-state index is 13.9. The molecule has 2 heterocycles. The van der Waals surface area contributed by atoms with E-state index in [-0.39, 0.29) is 35.8 Å². The molecule has 1 unspecified atom stereocenters. The number of carbonyl (C=O) groups is 1. The normalized spacial score (nSPS) is 13.6. The fourth-order valence-electron chi connectivity index (χ4n) is 3.48. The first-order valence-electron chi connectivity index (χ1n) is 10.2. The summed E-state index contributed by atoms with van der Waals surface area (Å²) >= 11 is 0. The lowest BCUT2D eigenvalue weighted by molar-refractivity contribution is -0.142. The first-order valence-corrected chi connectivity index (χ1v) is 10.2. The molecule has 8 nitrogen and oxygen atoms in total. The number of aliphatic hydroxyl groups is 1. The summed E-state index contributed by atoms with van der Waals surface area (Å²) in [5.41, 5.74) is 3.71. The number of alkyl halides is 3. The fourth-order valence-corrected chi connectivity index (χ4v) is 3.48. The van der Waals surface area contributed by atoms with Crippen LogP contribution in [0, 0.1) is 0 Å². The molecule has 176 valence electrons. The van der Waals surface area contributed by atoms with Crippen molar-refractivity contribution in [3.8, 4) is 28.5 Å². The number of nitrogens with two attached hydrogens (primary N) is 1. The Morgan fingerprint density at radius 1 is 1.12 bits per heavy atom. The van der Waals surface area contributed by atoms with Gasteiger partial charge in [-0.1, -0.05) is 47.6 Å². The van der Waals surface area contributed by atoms with E-state index in [0.717, 1.165) is 10.9 Å². The predicted molar refractivity (Wildman–Crippen MR) is 115 cm³/mol. The number of hydrogen-bond acceptors (Lipinski definition) is 6. The van der Waals surface area contributed by atoms with Crippen molar-refractivity contribution < 1.29 is 27.6 Å². The van der Waals surface area contributed by atoms with Crippen molar-refractivity contribution in [2.75, 3.05) is 0 Å². The van der Waals surface area contributed by atoms with Gasteiger partial charge in [0.15, 0.2) is 5.69 Å². The van der Waals surface area contributed by atoms with Gasteiger partial charge in [0, 0.05) is 12.0 Å². The smallest absolute Gasteiger partial charge is 0.385 e. The third-order valence-corrected chi connectivity index (χ3v) is 5.32. The third-order valence-electron chi connectivity index (χ3n) is 5.32. The van der Waals surface area contributed by atoms with Crippen molar-refractivity contribution >= 4 is 5.91 Å². The van der Waals surface area contributed by atoms with Gasteiger partial charge < -0.3 is 15.4 Å². The van der Waals surface area contributed by atoms with Gasteiger partial charge in [0.25, 0.3) is 5.89 Å². The van der Waals surface area contributed by atoms with E-state index in [0.29, 0.717) is 11.1 Å². The molecule has 0 saturated heterocycles. The maximum absolute atomic E-state index is 13.9. The molecule has 0 aliphatic carbocycles. The van der Waals surface area contributed by atoms with E-state index in [2.05, 4.69) is 15.2 Å². The molecule has 3 N–H and O–H groups in total. The molecule has 0 saturated carbocycles. The van der Waals surface area contributed by atoms with Crippen LogP contribution in [0.25, 0.3) is 28.5 Å². The Morgan fingerprint density at radius 2 is 1.79 bits per heavy atom. The van der Waals surface area contributed by atoms with Crippen LogP contribution in [0.1, 0.15) is 31.0 Å². The number of halogens is 3. The second-order valence-electron chi connectivity index (χ2n) is 7.89. The Kier molecular flexibility index (Phi) is 5.96. The topological polar surface area (TPSA) is 120 Å². The molecule has 11 heteroatoms. The summed E-state index contributed by atoms with van der Waals surface area (Å²) in [7, 11) is 0. The Morgan fingerprint density at radius 3 is 2.41 bits per heavy atom. The first-order chi connectivity index (χ1) is 16.1. The number of amides is 1. The molecule has 0 aliphatic heterocycles. The quantitative estimate of drug-likeness (QED) is 0.419. The van der Waals surface area contributed by atoms with Crippen molar-refractivity contribution in [2.24, 2.45) is 5.73 Å². The summed E-state index contributed by atoms with van der Waals surface area (Å²) < 4.78 is 47.6. The predicted octanol–water partition coefficient (Wildman–Crippen LogP) is 4.08. The average Bonchev–Trinajstić information content (AvgIpc) is 3.46. The number of rotatable bonds is 7. The summed E-state index contributed by atoms with van der Waals surface area (Å²) in [6.07, 6.45) is -3.54. The van der Waals surface area contributed by atoms with Gasteiger partial charge in [-0.15, -0.1) is 0 Å². The third kappa shape index (κ3) is 4.69. The van der Waals surface area contributed by atoms with Crippen molar-refractivity contribution in [2.45, 2.75) is 31.5 Å². The van der Waals surface area contributed by atoms with E-state index < -0.39 is 23.4 Å². The maximum Gasteiger partial charge on any atom is 0.434 e. The second-order valence-corrected chi connectivity index (χ2v) is 7.89. The summed E-state index contributed by atoms with van der Waals surface area (Å²) in [4.78, 5) is 15.1. The van der Waals surface area contributed by atoms with Crippen LogP contribution in [0.4, 0.5) is 13.2 Å². The van der Waals surface area contributed by atoms with Gasteiger partial charge >= 0.3 is 6.18 Å². The van der Waals surface area contributed by atoms with Crippen LogP contribution in [0.2, 0.25) is 0 Å². The molecule has 0 radical (unpaired) electrons. The molecule has 0 spiro atoms. The molecule has 0 bridgehead atoms. The number of hydrogen-bond donors (Lipinski definition) is 2. The highest BCUT2D eigenvalue weighted by atomic mass is 19.4. The SMILES string of the molecule is CC(O)(CCC(N)=O)c1ccc(-c2noc(-c3cnn(-c4ccccc4)c3C(F)(F)F)n2)cc1. The van der Waals surface area contributed by atoms with E-state index in [1.54, 1.807) is 49.4 Å². The minimum atomic E-state index is -4.73. The molecular weight excluding hydrogens is 451 g/mol. The highest BCUT2D eigenvalue weighted by molar-refractivity contribution is 5.73. The molecule has 1 amide bonds. The number of benzene rings is 2. The van der Waals surface area contributed by atoms with Gasteiger partial charge in [-0.3, -0.25) is 4.79 Å². The summed E-state index contributed by atoms with van der Waals surface area (Å²) in [5.74, 6) is -0.786. The number of aromatic nitrogens is 4. The van der Waals surface area contributed by atoms with E-state index in [1.807, 2.05) is 0 Å². The molecule has 1 atom stereocenters. The standard InChI is InChI=1S/C23H20F3N5O3/c1-22(33,12-11-18(27)32)15-9-7-14(8-10-15)20-29-21(34-30-20)17-13-28-31(19(17)23(24,25)26)16-5-3-2-4-6-16/h2-10,13,33H,11-12H2,1H3,(H2,27,32). The summed E-state index contributed by atoms with van der Waals surface area (Å²) in [6.45, 7) is 1.56. The van der Waals surface area contributed by atoms with Gasteiger partial charge in [-0.25, -0.2) is 4.68 Å². The number of nitrogens with zero attached hydrogens (tertiary/aromatic N) is 4. The zero-order chi connectivity index (χ0) is 24.5. The molecule has 2 aromatic carbocycles. The van der Waals surface area contributed by atoms with Gasteiger partial charge in [-0.2, -0.15) is 23.3 Å². The van der Waals surface area contributed by atoms with Crippen molar-refractivity contribution in [3.63, 3.8) is 0 Å². The lowest BCUT2D eigenvalue weighted by Crippen LogP contribution is -2.24. The van der Waals surface area contributed by atoms with Crippen molar-refractivity contribution in [1.29, 1.82) is 0 Å². The second kappa shape index (κ2) is 8.75. The van der Waals surface area contributed by atoms with Crippen LogP contribution in [-0.4, -0.2) is 30.9 Å². The molecule has 0 fully saturated rings. The van der Waals surface area contributed by atoms with Crippen LogP contribution in [0.3, 0.4) is 0 Å². The number of primary amides is 1. The largest absolute Gasteiger partial charge is 0.434 e. The minimum Gasteiger partial charge on any atom is -0.385 e. The first kappa shape index (κ1) is 23.2. The van der Waals surface area contributed by atoms with Crippen LogP contribution in [0.5, 0.6) is 0 Å². The Hall–Kier alpha value is -3.99. The van der Waals surface area contributed by atoms with Crippen LogP contribution >= 0.6 is 0 Å². The van der Waals surface area contributed by atoms with Crippen LogP contribution in [-0.2, 0) is 16.6 Å². The molecule has 2 aromatic heterocycles. The van der Waals surface area contributed by atoms with E-state index in [9.17, 15) is 23.1 Å². The fraction of sp³-hybridized carbons (Fsp3) is 0.217. The van der Waals surface area contributed by atoms with Crippen LogP contribution in [0.15, 0.2) is 65.3 Å². The average molecular weight is 471 g/mol. The summed E-state index contributed by atoms with van der Waals surface area (Å²) in [6, 6.07) is 14.3. The molecule has 4 aromatic rings. The summed E-state index contributed by atoms with van der Waals surface area (Å²) in [5, 5.41) is 18.3.